The minimum atomic E-state index is -0.444. The molecular weight excluding hydrogens is 414 g/mol. The van der Waals surface area contributed by atoms with Crippen molar-refractivity contribution in [2.45, 2.75) is 6.61 Å². The fourth-order valence-electron chi connectivity index (χ4n) is 2.70. The summed E-state index contributed by atoms with van der Waals surface area (Å²) in [5.74, 6) is 1.24. The molecule has 0 saturated carbocycles. The molecule has 0 bridgehead atoms. The Hall–Kier alpha value is -4.40. The average molecular weight is 435 g/mol. The molecule has 0 heterocycles. The van der Waals surface area contributed by atoms with E-state index in [2.05, 4.69) is 10.5 Å². The van der Waals surface area contributed by atoms with E-state index in [0.717, 1.165) is 11.1 Å². The van der Waals surface area contributed by atoms with Crippen LogP contribution in [0, 0.1) is 10.1 Å². The number of amides is 1. The number of hydrogen-bond acceptors (Lipinski definition) is 7. The second kappa shape index (κ2) is 10.6. The molecule has 0 saturated heterocycles. The Kier molecular flexibility index (Phi) is 7.37. The van der Waals surface area contributed by atoms with Gasteiger partial charge in [0.05, 0.1) is 25.4 Å². The molecule has 3 aromatic rings. The van der Waals surface area contributed by atoms with E-state index >= 15 is 0 Å². The number of hydrogen-bond donors (Lipinski definition) is 1. The molecule has 0 spiro atoms. The van der Waals surface area contributed by atoms with E-state index < -0.39 is 10.8 Å². The predicted molar refractivity (Wildman–Crippen MR) is 118 cm³/mol. The number of nitro benzene ring substituents is 1. The number of rotatable bonds is 9. The molecule has 164 valence electrons. The molecule has 3 rings (SSSR count). The first-order chi connectivity index (χ1) is 15.5. The lowest BCUT2D eigenvalue weighted by atomic mass is 10.2. The van der Waals surface area contributed by atoms with Gasteiger partial charge in [0.2, 0.25) is 0 Å². The van der Waals surface area contributed by atoms with Gasteiger partial charge >= 0.3 is 0 Å². The summed E-state index contributed by atoms with van der Waals surface area (Å²) in [6.07, 6.45) is 1.51. The fourth-order valence-corrected chi connectivity index (χ4v) is 2.70. The Labute approximate surface area is 184 Å². The molecule has 0 radical (unpaired) electrons. The first-order valence-electron chi connectivity index (χ1n) is 9.51. The third-order valence-corrected chi connectivity index (χ3v) is 4.43. The van der Waals surface area contributed by atoms with Gasteiger partial charge in [-0.25, -0.2) is 5.43 Å². The Bertz CT molecular complexity index is 1090. The lowest BCUT2D eigenvalue weighted by Crippen LogP contribution is -2.17. The van der Waals surface area contributed by atoms with E-state index in [-0.39, 0.29) is 12.3 Å². The van der Waals surface area contributed by atoms with Gasteiger partial charge in [0.25, 0.3) is 11.6 Å². The van der Waals surface area contributed by atoms with E-state index in [4.69, 9.17) is 14.2 Å². The van der Waals surface area contributed by atoms with Crippen LogP contribution < -0.4 is 19.6 Å². The molecule has 0 unspecified atom stereocenters. The SMILES string of the molecule is COc1cc(OC)cc(C(=O)NN=Cc2ccc(OCc3ccc([N+](=O)[O-])cc3)cc2)c1. The highest BCUT2D eigenvalue weighted by Gasteiger charge is 2.09. The van der Waals surface area contributed by atoms with Crippen molar-refractivity contribution < 1.29 is 23.9 Å². The Morgan fingerprint density at radius 2 is 1.59 bits per heavy atom. The molecule has 0 aliphatic heterocycles. The van der Waals surface area contributed by atoms with Crippen LogP contribution >= 0.6 is 0 Å². The van der Waals surface area contributed by atoms with Crippen LogP contribution in [-0.4, -0.2) is 31.3 Å². The van der Waals surface area contributed by atoms with Gasteiger partial charge in [0, 0.05) is 23.8 Å². The van der Waals surface area contributed by atoms with Crippen LogP contribution in [0.4, 0.5) is 5.69 Å². The van der Waals surface area contributed by atoms with E-state index in [1.54, 1.807) is 54.6 Å². The second-order valence-electron chi connectivity index (χ2n) is 6.58. The van der Waals surface area contributed by atoms with E-state index in [0.29, 0.717) is 22.8 Å². The summed E-state index contributed by atoms with van der Waals surface area (Å²) in [5.41, 5.74) is 4.43. The smallest absolute Gasteiger partial charge is 0.271 e. The maximum absolute atomic E-state index is 12.3. The molecule has 1 amide bonds. The fraction of sp³-hybridized carbons (Fsp3) is 0.130. The van der Waals surface area contributed by atoms with Crippen LogP contribution in [-0.2, 0) is 6.61 Å². The third-order valence-electron chi connectivity index (χ3n) is 4.43. The van der Waals surface area contributed by atoms with Crippen LogP contribution in [0.5, 0.6) is 17.2 Å². The largest absolute Gasteiger partial charge is 0.497 e. The number of carbonyl (C=O) groups excluding carboxylic acids is 1. The number of nitro groups is 1. The van der Waals surface area contributed by atoms with E-state index in [1.165, 1.54) is 32.6 Å². The first-order valence-corrected chi connectivity index (χ1v) is 9.51. The van der Waals surface area contributed by atoms with Crippen LogP contribution in [0.15, 0.2) is 71.8 Å². The maximum Gasteiger partial charge on any atom is 0.271 e. The van der Waals surface area contributed by atoms with E-state index in [9.17, 15) is 14.9 Å². The molecule has 3 aromatic carbocycles. The summed E-state index contributed by atoms with van der Waals surface area (Å²) in [6.45, 7) is 0.283. The van der Waals surface area contributed by atoms with Crippen molar-refractivity contribution in [3.8, 4) is 17.2 Å². The number of benzene rings is 3. The van der Waals surface area contributed by atoms with Gasteiger partial charge in [0.1, 0.15) is 23.9 Å². The topological polar surface area (TPSA) is 112 Å². The summed E-state index contributed by atoms with van der Waals surface area (Å²) in [6, 6.07) is 18.1. The van der Waals surface area contributed by atoms with Crippen molar-refractivity contribution in [1.29, 1.82) is 0 Å². The first kappa shape index (κ1) is 22.3. The molecule has 9 nitrogen and oxygen atoms in total. The molecule has 9 heteroatoms. The van der Waals surface area contributed by atoms with Crippen molar-refractivity contribution in [2.24, 2.45) is 5.10 Å². The van der Waals surface area contributed by atoms with Gasteiger partial charge in [-0.05, 0) is 59.7 Å². The van der Waals surface area contributed by atoms with Crippen molar-refractivity contribution in [1.82, 2.24) is 5.43 Å². The zero-order chi connectivity index (χ0) is 22.9. The molecule has 0 aliphatic rings. The number of nitrogens with one attached hydrogen (secondary N) is 1. The summed E-state index contributed by atoms with van der Waals surface area (Å²) in [5, 5.41) is 14.7. The minimum Gasteiger partial charge on any atom is -0.497 e. The molecule has 32 heavy (non-hydrogen) atoms. The van der Waals surface area contributed by atoms with Gasteiger partial charge in [-0.1, -0.05) is 0 Å². The Balaban J connectivity index is 1.54. The zero-order valence-electron chi connectivity index (χ0n) is 17.5. The van der Waals surface area contributed by atoms with Crippen LogP contribution in [0.3, 0.4) is 0 Å². The molecule has 0 aliphatic carbocycles. The highest BCUT2D eigenvalue weighted by atomic mass is 16.6. The molecular formula is C23H21N3O6. The molecule has 1 N–H and O–H groups in total. The Morgan fingerprint density at radius 3 is 2.16 bits per heavy atom. The monoisotopic (exact) mass is 435 g/mol. The zero-order valence-corrected chi connectivity index (χ0v) is 17.5. The summed E-state index contributed by atoms with van der Waals surface area (Å²) in [7, 11) is 3.02. The molecule has 0 atom stereocenters. The molecule has 0 fully saturated rings. The Morgan fingerprint density at radius 1 is 0.969 bits per heavy atom. The average Bonchev–Trinajstić information content (AvgIpc) is 2.83. The highest BCUT2D eigenvalue weighted by Crippen LogP contribution is 2.22. The quantitative estimate of drug-likeness (QED) is 0.309. The lowest BCUT2D eigenvalue weighted by molar-refractivity contribution is -0.384. The molecule has 0 aromatic heterocycles. The van der Waals surface area contributed by atoms with Crippen molar-refractivity contribution in [3.63, 3.8) is 0 Å². The number of methoxy groups -OCH3 is 2. The van der Waals surface area contributed by atoms with Gasteiger partial charge in [-0.15, -0.1) is 0 Å². The highest BCUT2D eigenvalue weighted by molar-refractivity contribution is 5.95. The van der Waals surface area contributed by atoms with Gasteiger partial charge < -0.3 is 14.2 Å². The minimum absolute atomic E-state index is 0.0371. The van der Waals surface area contributed by atoms with E-state index in [1.807, 2.05) is 0 Å². The summed E-state index contributed by atoms with van der Waals surface area (Å²) >= 11 is 0. The van der Waals surface area contributed by atoms with Crippen molar-refractivity contribution >= 4 is 17.8 Å². The summed E-state index contributed by atoms with van der Waals surface area (Å²) in [4.78, 5) is 22.6. The number of carbonyl (C=O) groups is 1. The number of nitrogens with zero attached hydrogens (tertiary/aromatic N) is 2. The van der Waals surface area contributed by atoms with Crippen LogP contribution in [0.25, 0.3) is 0 Å². The standard InChI is InChI=1S/C23H21N3O6/c1-30-21-11-18(12-22(13-21)31-2)23(27)25-24-14-16-5-9-20(10-6-16)32-15-17-3-7-19(8-4-17)26(28)29/h3-14H,15H2,1-2H3,(H,25,27). The van der Waals surface area contributed by atoms with Gasteiger partial charge in [-0.3, -0.25) is 14.9 Å². The van der Waals surface area contributed by atoms with Crippen molar-refractivity contribution in [3.05, 3.63) is 93.5 Å². The maximum atomic E-state index is 12.3. The third kappa shape index (κ3) is 6.05. The number of hydrazone groups is 1. The van der Waals surface area contributed by atoms with Crippen molar-refractivity contribution in [2.75, 3.05) is 14.2 Å². The normalized spacial score (nSPS) is 10.6. The lowest BCUT2D eigenvalue weighted by Gasteiger charge is -2.07. The van der Waals surface area contributed by atoms with Gasteiger partial charge in [-0.2, -0.15) is 5.10 Å². The number of non-ortho nitro benzene ring substituents is 1. The van der Waals surface area contributed by atoms with Gasteiger partial charge in [0.15, 0.2) is 0 Å². The van der Waals surface area contributed by atoms with Crippen LogP contribution in [0.1, 0.15) is 21.5 Å². The number of ether oxygens (including phenoxy) is 3. The predicted octanol–water partition coefficient (Wildman–Crippen LogP) is 3.95. The second-order valence-corrected chi connectivity index (χ2v) is 6.58. The summed E-state index contributed by atoms with van der Waals surface area (Å²) < 4.78 is 16.0. The van der Waals surface area contributed by atoms with Crippen LogP contribution in [0.2, 0.25) is 0 Å².